The number of hydrogen-bond acceptors (Lipinski definition) is 4. The van der Waals surface area contributed by atoms with Gasteiger partial charge in [-0.2, -0.15) is 10.1 Å². The Bertz CT molecular complexity index is 1220. The first-order chi connectivity index (χ1) is 14.2. The third kappa shape index (κ3) is 3.29. The highest BCUT2D eigenvalue weighted by Crippen LogP contribution is 2.26. The number of rotatable bonds is 4. The molecule has 29 heavy (non-hydrogen) atoms. The van der Waals surface area contributed by atoms with E-state index in [2.05, 4.69) is 15.0 Å². The molecule has 0 spiro atoms. The molecule has 1 N–H and O–H groups in total. The Hall–Kier alpha value is -3.48. The zero-order chi connectivity index (χ0) is 19.8. The lowest BCUT2D eigenvalue weighted by molar-refractivity contribution is 0.616. The minimum Gasteiger partial charge on any atom is -0.339 e. The van der Waals surface area contributed by atoms with Crippen LogP contribution in [0, 0.1) is 5.82 Å². The first-order valence-corrected chi connectivity index (χ1v) is 9.73. The maximum absolute atomic E-state index is 13.6. The van der Waals surface area contributed by atoms with E-state index in [0.29, 0.717) is 23.4 Å². The van der Waals surface area contributed by atoms with Gasteiger partial charge < -0.3 is 4.90 Å². The van der Waals surface area contributed by atoms with Crippen LogP contribution in [0.4, 0.5) is 10.3 Å². The summed E-state index contributed by atoms with van der Waals surface area (Å²) in [4.78, 5) is 22.5. The minimum absolute atomic E-state index is 0.158. The summed E-state index contributed by atoms with van der Waals surface area (Å²) in [5.41, 5.74) is 2.12. The molecule has 0 aliphatic carbocycles. The molecule has 4 aromatic rings. The first kappa shape index (κ1) is 17.6. The SMILES string of the molecule is O=c1[nH]c(N2CCCC2Cc2cccc(F)c2)nc2c1cnn2-c1ccccc1. The molecule has 2 aromatic carbocycles. The average Bonchev–Trinajstić information content (AvgIpc) is 3.36. The minimum atomic E-state index is -0.230. The second-order valence-electron chi connectivity index (χ2n) is 7.34. The van der Waals surface area contributed by atoms with Crippen molar-refractivity contribution in [3.63, 3.8) is 0 Å². The molecule has 1 atom stereocenters. The van der Waals surface area contributed by atoms with E-state index in [1.54, 1.807) is 23.0 Å². The molecule has 0 amide bonds. The number of aromatic nitrogens is 4. The lowest BCUT2D eigenvalue weighted by atomic mass is 10.0. The zero-order valence-corrected chi connectivity index (χ0v) is 15.8. The standard InChI is InChI=1S/C22H20FN5O/c23-16-7-4-6-15(12-16)13-18-10-5-11-27(18)22-25-20-19(21(29)26-22)14-24-28(20)17-8-2-1-3-9-17/h1-4,6-9,12,14,18H,5,10-11,13H2,(H,25,26,29). The summed E-state index contributed by atoms with van der Waals surface area (Å²) in [6.45, 7) is 0.800. The van der Waals surface area contributed by atoms with E-state index >= 15 is 0 Å². The van der Waals surface area contributed by atoms with Gasteiger partial charge in [-0.1, -0.05) is 30.3 Å². The Morgan fingerprint density at radius 2 is 2.00 bits per heavy atom. The van der Waals surface area contributed by atoms with Gasteiger partial charge in [-0.15, -0.1) is 0 Å². The van der Waals surface area contributed by atoms with Gasteiger partial charge in [0.1, 0.15) is 11.2 Å². The number of hydrogen-bond donors (Lipinski definition) is 1. The topological polar surface area (TPSA) is 66.8 Å². The van der Waals surface area contributed by atoms with Crippen LogP contribution in [0.3, 0.4) is 0 Å². The number of nitrogens with one attached hydrogen (secondary N) is 1. The van der Waals surface area contributed by atoms with Gasteiger partial charge in [-0.3, -0.25) is 9.78 Å². The van der Waals surface area contributed by atoms with Crippen LogP contribution < -0.4 is 10.5 Å². The van der Waals surface area contributed by atoms with Crippen molar-refractivity contribution in [3.8, 4) is 5.69 Å². The lowest BCUT2D eigenvalue weighted by Crippen LogP contribution is -2.34. The molecular weight excluding hydrogens is 369 g/mol. The van der Waals surface area contributed by atoms with E-state index in [0.717, 1.165) is 30.6 Å². The van der Waals surface area contributed by atoms with Crippen LogP contribution in [0.5, 0.6) is 0 Å². The quantitative estimate of drug-likeness (QED) is 0.581. The molecule has 7 heteroatoms. The Morgan fingerprint density at radius 1 is 1.14 bits per heavy atom. The van der Waals surface area contributed by atoms with Crippen molar-refractivity contribution >= 4 is 17.0 Å². The molecule has 0 bridgehead atoms. The third-order valence-corrected chi connectivity index (χ3v) is 5.44. The summed E-state index contributed by atoms with van der Waals surface area (Å²) in [5.74, 6) is 0.311. The summed E-state index contributed by atoms with van der Waals surface area (Å²) >= 11 is 0. The number of halogens is 1. The predicted octanol–water partition coefficient (Wildman–Crippen LogP) is 3.46. The highest BCUT2D eigenvalue weighted by molar-refractivity contribution is 5.76. The van der Waals surface area contributed by atoms with Gasteiger partial charge >= 0.3 is 0 Å². The number of nitrogens with zero attached hydrogens (tertiary/aromatic N) is 4. The van der Waals surface area contributed by atoms with E-state index in [-0.39, 0.29) is 17.4 Å². The van der Waals surface area contributed by atoms with Crippen molar-refractivity contribution in [1.82, 2.24) is 19.7 Å². The summed E-state index contributed by atoms with van der Waals surface area (Å²) in [5, 5.41) is 4.82. The normalized spacial score (nSPS) is 16.6. The first-order valence-electron chi connectivity index (χ1n) is 9.73. The van der Waals surface area contributed by atoms with E-state index < -0.39 is 0 Å². The average molecular weight is 389 g/mol. The molecule has 1 saturated heterocycles. The van der Waals surface area contributed by atoms with Gasteiger partial charge in [0.25, 0.3) is 5.56 Å². The summed E-state index contributed by atoms with van der Waals surface area (Å²) < 4.78 is 15.3. The van der Waals surface area contributed by atoms with Crippen LogP contribution in [-0.2, 0) is 6.42 Å². The predicted molar refractivity (Wildman–Crippen MR) is 110 cm³/mol. The van der Waals surface area contributed by atoms with E-state index in [4.69, 9.17) is 4.98 Å². The maximum Gasteiger partial charge on any atom is 0.263 e. The fourth-order valence-electron chi connectivity index (χ4n) is 4.06. The van der Waals surface area contributed by atoms with Crippen LogP contribution in [0.15, 0.2) is 65.6 Å². The Labute approximate surface area is 166 Å². The summed E-state index contributed by atoms with van der Waals surface area (Å²) in [6.07, 6.45) is 4.22. The maximum atomic E-state index is 13.6. The second kappa shape index (κ2) is 7.16. The number of H-pyrrole nitrogens is 1. The Morgan fingerprint density at radius 3 is 2.83 bits per heavy atom. The summed E-state index contributed by atoms with van der Waals surface area (Å²) in [7, 11) is 0. The fourth-order valence-corrected chi connectivity index (χ4v) is 4.06. The highest BCUT2D eigenvalue weighted by atomic mass is 19.1. The molecular formula is C22H20FN5O. The van der Waals surface area contributed by atoms with Crippen molar-refractivity contribution in [2.45, 2.75) is 25.3 Å². The third-order valence-electron chi connectivity index (χ3n) is 5.44. The fraction of sp³-hybridized carbons (Fsp3) is 0.227. The number of anilines is 1. The second-order valence-corrected chi connectivity index (χ2v) is 7.34. The summed E-state index contributed by atoms with van der Waals surface area (Å²) in [6, 6.07) is 16.5. The molecule has 5 rings (SSSR count). The van der Waals surface area contributed by atoms with Crippen molar-refractivity contribution in [3.05, 3.63) is 82.5 Å². The molecule has 1 unspecified atom stereocenters. The van der Waals surface area contributed by atoms with E-state index in [1.807, 2.05) is 36.4 Å². The molecule has 2 aromatic heterocycles. The number of fused-ring (bicyclic) bond motifs is 1. The van der Waals surface area contributed by atoms with Crippen LogP contribution in [0.1, 0.15) is 18.4 Å². The van der Waals surface area contributed by atoms with Gasteiger partial charge in [0.05, 0.1) is 11.9 Å². The largest absolute Gasteiger partial charge is 0.339 e. The van der Waals surface area contributed by atoms with Crippen molar-refractivity contribution in [2.24, 2.45) is 0 Å². The van der Waals surface area contributed by atoms with Gasteiger partial charge in [-0.05, 0) is 49.1 Å². The number of aromatic amines is 1. The van der Waals surface area contributed by atoms with Gasteiger partial charge in [0, 0.05) is 12.6 Å². The highest BCUT2D eigenvalue weighted by Gasteiger charge is 2.27. The van der Waals surface area contributed by atoms with Crippen LogP contribution in [0.2, 0.25) is 0 Å². The molecule has 1 fully saturated rings. The molecule has 0 radical (unpaired) electrons. The molecule has 3 heterocycles. The Balaban J connectivity index is 1.53. The van der Waals surface area contributed by atoms with Crippen molar-refractivity contribution in [1.29, 1.82) is 0 Å². The lowest BCUT2D eigenvalue weighted by Gasteiger charge is -2.25. The van der Waals surface area contributed by atoms with E-state index in [1.165, 1.54) is 6.07 Å². The molecule has 1 aliphatic rings. The molecule has 146 valence electrons. The van der Waals surface area contributed by atoms with Gasteiger partial charge in [0.2, 0.25) is 5.95 Å². The van der Waals surface area contributed by atoms with E-state index in [9.17, 15) is 9.18 Å². The molecule has 6 nitrogen and oxygen atoms in total. The van der Waals surface area contributed by atoms with Crippen molar-refractivity contribution < 1.29 is 4.39 Å². The Kier molecular flexibility index (Phi) is 4.35. The number of para-hydroxylation sites is 1. The van der Waals surface area contributed by atoms with Gasteiger partial charge in [0.15, 0.2) is 5.65 Å². The van der Waals surface area contributed by atoms with Crippen LogP contribution in [-0.4, -0.2) is 32.3 Å². The monoisotopic (exact) mass is 389 g/mol. The number of benzene rings is 2. The smallest absolute Gasteiger partial charge is 0.263 e. The molecule has 0 saturated carbocycles. The van der Waals surface area contributed by atoms with Crippen molar-refractivity contribution in [2.75, 3.05) is 11.4 Å². The molecule has 1 aliphatic heterocycles. The van der Waals surface area contributed by atoms with Gasteiger partial charge in [-0.25, -0.2) is 9.07 Å². The van der Waals surface area contributed by atoms with Crippen LogP contribution in [0.25, 0.3) is 16.7 Å². The zero-order valence-electron chi connectivity index (χ0n) is 15.8. The van der Waals surface area contributed by atoms with Crippen LogP contribution >= 0.6 is 0 Å².